The molecule has 2 aliphatic rings. The number of carbonyl (C=O) groups is 1. The van der Waals surface area contributed by atoms with Gasteiger partial charge in [0.1, 0.15) is 0 Å². The van der Waals surface area contributed by atoms with Crippen LogP contribution in [0.3, 0.4) is 0 Å². The molecule has 3 rings (SSSR count). The molecule has 0 unspecified atom stereocenters. The Bertz CT molecular complexity index is 747. The maximum absolute atomic E-state index is 12.5. The fraction of sp³-hybridized carbons (Fsp3) is 0.696. The van der Waals surface area contributed by atoms with Gasteiger partial charge in [0.05, 0.1) is 22.9 Å². The van der Waals surface area contributed by atoms with Crippen molar-refractivity contribution < 1.29 is 18.8 Å². The molecule has 2 fully saturated rings. The summed E-state index contributed by atoms with van der Waals surface area (Å²) in [6.45, 7) is 17.9. The van der Waals surface area contributed by atoms with Crippen molar-refractivity contribution in [3.8, 4) is 0 Å². The van der Waals surface area contributed by atoms with Crippen molar-refractivity contribution in [3.63, 3.8) is 0 Å². The summed E-state index contributed by atoms with van der Waals surface area (Å²) < 4.78 is 18.2. The van der Waals surface area contributed by atoms with E-state index in [9.17, 15) is 4.79 Å². The van der Waals surface area contributed by atoms with Crippen LogP contribution in [-0.4, -0.2) is 53.9 Å². The number of benzene rings is 1. The highest BCUT2D eigenvalue weighted by Gasteiger charge is 2.51. The Hall–Kier alpha value is -1.37. The van der Waals surface area contributed by atoms with E-state index in [1.807, 2.05) is 25.7 Å². The van der Waals surface area contributed by atoms with E-state index in [0.717, 1.165) is 11.9 Å². The van der Waals surface area contributed by atoms with Crippen LogP contribution in [0.25, 0.3) is 0 Å². The summed E-state index contributed by atoms with van der Waals surface area (Å²) in [4.78, 5) is 14.4. The lowest BCUT2D eigenvalue weighted by Gasteiger charge is -2.42. The summed E-state index contributed by atoms with van der Waals surface area (Å²) in [5.41, 5.74) is 2.55. The van der Waals surface area contributed by atoms with Crippen LogP contribution in [0.15, 0.2) is 18.2 Å². The number of likely N-dealkylation sites (tertiary alicyclic amines) is 1. The smallest absolute Gasteiger partial charge is 0.399 e. The monoisotopic (exact) mass is 401 g/mol. The first-order chi connectivity index (χ1) is 13.3. The molecule has 0 aliphatic carbocycles. The van der Waals surface area contributed by atoms with E-state index >= 15 is 0 Å². The molecule has 1 aromatic rings. The minimum atomic E-state index is -0.352. The average Bonchev–Trinajstić information content (AvgIpc) is 2.76. The molecule has 0 N–H and O–H groups in total. The van der Waals surface area contributed by atoms with E-state index in [2.05, 4.69) is 52.8 Å². The van der Waals surface area contributed by atoms with Gasteiger partial charge >= 0.3 is 7.12 Å². The maximum atomic E-state index is 12.5. The predicted octanol–water partition coefficient (Wildman–Crippen LogP) is 3.25. The van der Waals surface area contributed by atoms with Gasteiger partial charge in [-0.1, -0.05) is 18.2 Å². The van der Waals surface area contributed by atoms with Crippen LogP contribution >= 0.6 is 0 Å². The number of ether oxygens (including phenoxy) is 1. The molecule has 0 spiro atoms. The van der Waals surface area contributed by atoms with Gasteiger partial charge in [-0.3, -0.25) is 4.79 Å². The first kappa shape index (κ1) is 22.3. The lowest BCUT2D eigenvalue weighted by molar-refractivity contribution is -0.157. The fourth-order valence-corrected chi connectivity index (χ4v) is 3.74. The second-order valence-electron chi connectivity index (χ2n) is 10.4. The predicted molar refractivity (Wildman–Crippen MR) is 116 cm³/mol. The number of carbonyl (C=O) groups excluding carboxylic acids is 1. The second kappa shape index (κ2) is 7.71. The third-order valence-corrected chi connectivity index (χ3v) is 6.22. The summed E-state index contributed by atoms with van der Waals surface area (Å²) in [6, 6.07) is 6.29. The molecule has 6 heteroatoms. The van der Waals surface area contributed by atoms with E-state index in [1.54, 1.807) is 0 Å². The molecule has 2 saturated heterocycles. The minimum absolute atomic E-state index is 0.157. The normalized spacial score (nSPS) is 21.4. The third-order valence-electron chi connectivity index (χ3n) is 6.22. The molecule has 0 radical (unpaired) electrons. The first-order valence-electron chi connectivity index (χ1n) is 10.7. The Labute approximate surface area is 176 Å². The minimum Gasteiger partial charge on any atom is -0.399 e. The highest BCUT2D eigenvalue weighted by Crippen LogP contribution is 2.36. The Balaban J connectivity index is 1.52. The van der Waals surface area contributed by atoms with Crippen molar-refractivity contribution in [1.82, 2.24) is 4.90 Å². The van der Waals surface area contributed by atoms with Gasteiger partial charge < -0.3 is 18.9 Å². The van der Waals surface area contributed by atoms with Crippen molar-refractivity contribution in [3.05, 3.63) is 29.3 Å². The molecule has 5 nitrogen and oxygen atoms in total. The standard InChI is InChI=1S/C23H36BNO4/c1-16-13-18(24-28-22(5,6)23(7,8)29-24)11-9-17(16)10-12-20(26)25-14-19(15-25)27-21(2,3)4/h9,11,13,19H,10,12,14-15H2,1-8H3. The van der Waals surface area contributed by atoms with Crippen LogP contribution in [0.4, 0.5) is 0 Å². The molecule has 0 aromatic heterocycles. The molecule has 1 aromatic carbocycles. The Morgan fingerprint density at radius 2 is 1.76 bits per heavy atom. The van der Waals surface area contributed by atoms with Crippen LogP contribution < -0.4 is 5.46 Å². The Morgan fingerprint density at radius 1 is 1.17 bits per heavy atom. The summed E-state index contributed by atoms with van der Waals surface area (Å²) >= 11 is 0. The summed E-state index contributed by atoms with van der Waals surface area (Å²) in [6.07, 6.45) is 1.44. The number of nitrogens with zero attached hydrogens (tertiary/aromatic N) is 1. The number of rotatable bonds is 5. The van der Waals surface area contributed by atoms with Gasteiger partial charge in [0.2, 0.25) is 5.91 Å². The molecule has 2 aliphatic heterocycles. The number of hydrogen-bond donors (Lipinski definition) is 0. The molecule has 0 saturated carbocycles. The molecule has 0 bridgehead atoms. The molecular weight excluding hydrogens is 365 g/mol. The van der Waals surface area contributed by atoms with E-state index in [4.69, 9.17) is 14.0 Å². The number of amides is 1. The average molecular weight is 401 g/mol. The van der Waals surface area contributed by atoms with E-state index in [0.29, 0.717) is 19.5 Å². The molecule has 0 atom stereocenters. The highest BCUT2D eigenvalue weighted by atomic mass is 16.7. The fourth-order valence-electron chi connectivity index (χ4n) is 3.74. The Morgan fingerprint density at radius 3 is 2.28 bits per heavy atom. The summed E-state index contributed by atoms with van der Waals surface area (Å²) in [5, 5.41) is 0. The quantitative estimate of drug-likeness (QED) is 0.711. The van der Waals surface area contributed by atoms with Gasteiger partial charge in [0.25, 0.3) is 0 Å². The second-order valence-corrected chi connectivity index (χ2v) is 10.4. The van der Waals surface area contributed by atoms with Crippen molar-refractivity contribution >= 4 is 18.5 Å². The summed E-state index contributed by atoms with van der Waals surface area (Å²) in [7, 11) is -0.352. The molecular formula is C23H36BNO4. The zero-order valence-corrected chi connectivity index (χ0v) is 19.3. The van der Waals surface area contributed by atoms with Crippen molar-refractivity contribution in [2.75, 3.05) is 13.1 Å². The lowest BCUT2D eigenvalue weighted by atomic mass is 9.77. The van der Waals surface area contributed by atoms with Crippen LogP contribution in [-0.2, 0) is 25.3 Å². The number of aryl methyl sites for hydroxylation is 2. The van der Waals surface area contributed by atoms with Gasteiger partial charge in [-0.25, -0.2) is 0 Å². The van der Waals surface area contributed by atoms with E-state index in [-0.39, 0.29) is 35.9 Å². The van der Waals surface area contributed by atoms with Crippen LogP contribution in [0.2, 0.25) is 0 Å². The SMILES string of the molecule is Cc1cc(B2OC(C)(C)C(C)(C)O2)ccc1CCC(=O)N1CC(OC(C)(C)C)C1. The van der Waals surface area contributed by atoms with E-state index < -0.39 is 0 Å². The Kier molecular flexibility index (Phi) is 5.94. The zero-order valence-electron chi connectivity index (χ0n) is 19.3. The van der Waals surface area contributed by atoms with Gasteiger partial charge in [0, 0.05) is 19.5 Å². The van der Waals surface area contributed by atoms with Crippen molar-refractivity contribution in [2.24, 2.45) is 0 Å². The van der Waals surface area contributed by atoms with Gasteiger partial charge in [-0.05, 0) is 78.4 Å². The van der Waals surface area contributed by atoms with E-state index in [1.165, 1.54) is 11.1 Å². The highest BCUT2D eigenvalue weighted by molar-refractivity contribution is 6.62. The molecule has 2 heterocycles. The number of hydrogen-bond acceptors (Lipinski definition) is 4. The topological polar surface area (TPSA) is 48.0 Å². The van der Waals surface area contributed by atoms with Crippen LogP contribution in [0, 0.1) is 6.92 Å². The van der Waals surface area contributed by atoms with Gasteiger partial charge in [-0.2, -0.15) is 0 Å². The zero-order chi connectivity index (χ0) is 21.6. The van der Waals surface area contributed by atoms with Crippen LogP contribution in [0.1, 0.15) is 66.0 Å². The van der Waals surface area contributed by atoms with Crippen LogP contribution in [0.5, 0.6) is 0 Å². The van der Waals surface area contributed by atoms with Gasteiger partial charge in [0.15, 0.2) is 0 Å². The molecule has 29 heavy (non-hydrogen) atoms. The molecule has 1 amide bonds. The lowest BCUT2D eigenvalue weighted by Crippen LogP contribution is -2.56. The van der Waals surface area contributed by atoms with Crippen molar-refractivity contribution in [1.29, 1.82) is 0 Å². The largest absolute Gasteiger partial charge is 0.494 e. The van der Waals surface area contributed by atoms with Gasteiger partial charge in [-0.15, -0.1) is 0 Å². The third kappa shape index (κ3) is 5.04. The molecule has 160 valence electrons. The van der Waals surface area contributed by atoms with Crippen molar-refractivity contribution in [2.45, 2.75) is 91.1 Å². The first-order valence-corrected chi connectivity index (χ1v) is 10.7. The maximum Gasteiger partial charge on any atom is 0.494 e. The summed E-state index contributed by atoms with van der Waals surface area (Å²) in [5.74, 6) is 0.202.